The Bertz CT molecular complexity index is 565. The zero-order chi connectivity index (χ0) is 12.5. The number of carbonyl (C=O) groups is 1. The summed E-state index contributed by atoms with van der Waals surface area (Å²) in [5.74, 6) is 0.149. The van der Waals surface area contributed by atoms with Gasteiger partial charge in [0.2, 0.25) is 0 Å². The zero-order valence-electron chi connectivity index (χ0n) is 9.64. The van der Waals surface area contributed by atoms with Crippen molar-refractivity contribution < 1.29 is 4.79 Å². The predicted octanol–water partition coefficient (Wildman–Crippen LogP) is 3.24. The summed E-state index contributed by atoms with van der Waals surface area (Å²) in [6.07, 6.45) is 0. The van der Waals surface area contributed by atoms with Crippen LogP contribution in [0.2, 0.25) is 5.02 Å². The number of rotatable bonds is 3. The molecule has 0 aliphatic carbocycles. The van der Waals surface area contributed by atoms with E-state index in [2.05, 4.69) is 5.32 Å². The minimum absolute atomic E-state index is 0.103. The van der Waals surface area contributed by atoms with Crippen molar-refractivity contribution >= 4 is 17.4 Å². The molecule has 1 N–H and O–H groups in total. The summed E-state index contributed by atoms with van der Waals surface area (Å²) in [6.45, 7) is 0. The van der Waals surface area contributed by atoms with Crippen molar-refractivity contribution in [2.45, 2.75) is 12.1 Å². The fourth-order valence-electron chi connectivity index (χ4n) is 2.11. The van der Waals surface area contributed by atoms with Crippen molar-refractivity contribution in [1.82, 2.24) is 5.32 Å². The van der Waals surface area contributed by atoms with Crippen molar-refractivity contribution in [3.63, 3.8) is 0 Å². The van der Waals surface area contributed by atoms with Crippen LogP contribution in [-0.2, 0) is 0 Å². The molecule has 2 atom stereocenters. The van der Waals surface area contributed by atoms with Gasteiger partial charge < -0.3 is 0 Å². The van der Waals surface area contributed by atoms with Crippen LogP contribution in [0, 0.1) is 0 Å². The van der Waals surface area contributed by atoms with Crippen LogP contribution >= 0.6 is 11.6 Å². The number of carbonyl (C=O) groups excluding carboxylic acids is 1. The van der Waals surface area contributed by atoms with E-state index in [0.29, 0.717) is 5.02 Å². The second-order valence-corrected chi connectivity index (χ2v) is 4.84. The van der Waals surface area contributed by atoms with Crippen molar-refractivity contribution in [1.29, 1.82) is 0 Å². The van der Waals surface area contributed by atoms with Crippen LogP contribution in [0.1, 0.15) is 22.0 Å². The van der Waals surface area contributed by atoms with Gasteiger partial charge in [0.15, 0.2) is 5.78 Å². The average molecular weight is 258 g/mol. The molecule has 1 saturated heterocycles. The van der Waals surface area contributed by atoms with E-state index in [1.165, 1.54) is 0 Å². The Morgan fingerprint density at radius 1 is 1.00 bits per heavy atom. The fraction of sp³-hybridized carbons (Fsp3) is 0.133. The molecule has 0 spiro atoms. The maximum absolute atomic E-state index is 12.2. The van der Waals surface area contributed by atoms with Gasteiger partial charge in [0.25, 0.3) is 0 Å². The van der Waals surface area contributed by atoms with Crippen LogP contribution < -0.4 is 5.32 Å². The summed E-state index contributed by atoms with van der Waals surface area (Å²) in [4.78, 5) is 12.2. The summed E-state index contributed by atoms with van der Waals surface area (Å²) in [7, 11) is 0. The number of Topliss-reactive ketones (excluding diaryl/α,β-unsaturated/α-hetero) is 1. The lowest BCUT2D eigenvalue weighted by Crippen LogP contribution is -2.09. The summed E-state index contributed by atoms with van der Waals surface area (Å²) in [6, 6.07) is 17.0. The van der Waals surface area contributed by atoms with E-state index in [9.17, 15) is 4.79 Å². The molecule has 1 aliphatic heterocycles. The quantitative estimate of drug-likeness (QED) is 0.677. The Balaban J connectivity index is 1.75. The average Bonchev–Trinajstić information content (AvgIpc) is 3.20. The second kappa shape index (κ2) is 4.56. The standard InChI is InChI=1S/C15H12ClNO/c16-12-8-6-10(7-9-12)13-14(17-13)15(18)11-4-2-1-3-5-11/h1-9,13-14,17H/t13-,14+/m0/s1. The number of ketones is 1. The SMILES string of the molecule is O=C(c1ccccc1)[C@@H]1N[C@H]1c1ccc(Cl)cc1. The summed E-state index contributed by atoms with van der Waals surface area (Å²) in [5.41, 5.74) is 1.86. The van der Waals surface area contributed by atoms with E-state index in [1.54, 1.807) is 0 Å². The molecule has 0 amide bonds. The minimum atomic E-state index is -0.103. The maximum Gasteiger partial charge on any atom is 0.181 e. The lowest BCUT2D eigenvalue weighted by molar-refractivity contribution is 0.0988. The molecule has 90 valence electrons. The van der Waals surface area contributed by atoms with Crippen LogP contribution in [0.4, 0.5) is 0 Å². The van der Waals surface area contributed by atoms with E-state index >= 15 is 0 Å². The molecule has 0 unspecified atom stereocenters. The lowest BCUT2D eigenvalue weighted by atomic mass is 10.0. The van der Waals surface area contributed by atoms with Crippen LogP contribution in [0.5, 0.6) is 0 Å². The van der Waals surface area contributed by atoms with E-state index in [4.69, 9.17) is 11.6 Å². The molecule has 3 rings (SSSR count). The van der Waals surface area contributed by atoms with Gasteiger partial charge in [0.1, 0.15) is 0 Å². The fourth-order valence-corrected chi connectivity index (χ4v) is 2.23. The Labute approximate surface area is 111 Å². The Kier molecular flexibility index (Phi) is 2.90. The van der Waals surface area contributed by atoms with Gasteiger partial charge in [-0.1, -0.05) is 54.1 Å². The number of hydrogen-bond donors (Lipinski definition) is 1. The van der Waals surface area contributed by atoms with Gasteiger partial charge in [0.05, 0.1) is 12.1 Å². The van der Waals surface area contributed by atoms with Gasteiger partial charge in [-0.25, -0.2) is 0 Å². The van der Waals surface area contributed by atoms with Gasteiger partial charge in [0, 0.05) is 10.6 Å². The Morgan fingerprint density at radius 2 is 1.67 bits per heavy atom. The smallest absolute Gasteiger partial charge is 0.181 e. The first-order valence-electron chi connectivity index (χ1n) is 5.86. The van der Waals surface area contributed by atoms with Crippen molar-refractivity contribution in [3.8, 4) is 0 Å². The molecule has 3 heteroatoms. The molecule has 0 aromatic heterocycles. The maximum atomic E-state index is 12.2. The number of benzene rings is 2. The first kappa shape index (κ1) is 11.5. The molecular weight excluding hydrogens is 246 g/mol. The van der Waals surface area contributed by atoms with Crippen molar-refractivity contribution in [2.75, 3.05) is 0 Å². The van der Waals surface area contributed by atoms with E-state index in [0.717, 1.165) is 11.1 Å². The molecule has 0 bridgehead atoms. The number of nitrogens with one attached hydrogen (secondary N) is 1. The van der Waals surface area contributed by atoms with Crippen molar-refractivity contribution in [2.24, 2.45) is 0 Å². The van der Waals surface area contributed by atoms with Gasteiger partial charge in [-0.2, -0.15) is 0 Å². The predicted molar refractivity (Wildman–Crippen MR) is 71.9 cm³/mol. The van der Waals surface area contributed by atoms with Gasteiger partial charge in [-0.3, -0.25) is 10.1 Å². The molecule has 2 aromatic carbocycles. The largest absolute Gasteiger partial charge is 0.297 e. The highest BCUT2D eigenvalue weighted by Crippen LogP contribution is 2.32. The first-order valence-corrected chi connectivity index (χ1v) is 6.24. The normalized spacial score (nSPS) is 21.6. The van der Waals surface area contributed by atoms with Crippen LogP contribution in [0.25, 0.3) is 0 Å². The highest BCUT2D eigenvalue weighted by molar-refractivity contribution is 6.30. The van der Waals surface area contributed by atoms with E-state index in [1.807, 2.05) is 54.6 Å². The van der Waals surface area contributed by atoms with Crippen LogP contribution in [0.15, 0.2) is 54.6 Å². The molecule has 1 aliphatic rings. The Hall–Kier alpha value is -1.64. The van der Waals surface area contributed by atoms with Crippen LogP contribution in [-0.4, -0.2) is 11.8 Å². The summed E-state index contributed by atoms with van der Waals surface area (Å²) >= 11 is 5.84. The molecule has 1 fully saturated rings. The highest BCUT2D eigenvalue weighted by Gasteiger charge is 2.43. The summed E-state index contributed by atoms with van der Waals surface area (Å²) < 4.78 is 0. The van der Waals surface area contributed by atoms with Gasteiger partial charge in [-0.15, -0.1) is 0 Å². The second-order valence-electron chi connectivity index (χ2n) is 4.40. The van der Waals surface area contributed by atoms with Gasteiger partial charge in [-0.05, 0) is 17.7 Å². The van der Waals surface area contributed by atoms with Gasteiger partial charge >= 0.3 is 0 Å². The van der Waals surface area contributed by atoms with E-state index in [-0.39, 0.29) is 17.9 Å². The molecule has 0 radical (unpaired) electrons. The topological polar surface area (TPSA) is 39.0 Å². The third-order valence-corrected chi connectivity index (χ3v) is 3.41. The van der Waals surface area contributed by atoms with E-state index < -0.39 is 0 Å². The Morgan fingerprint density at radius 3 is 2.33 bits per heavy atom. The minimum Gasteiger partial charge on any atom is -0.297 e. The van der Waals surface area contributed by atoms with Crippen molar-refractivity contribution in [3.05, 3.63) is 70.7 Å². The highest BCUT2D eigenvalue weighted by atomic mass is 35.5. The molecule has 2 nitrogen and oxygen atoms in total. The molecular formula is C15H12ClNO. The number of halogens is 1. The molecule has 2 aromatic rings. The monoisotopic (exact) mass is 257 g/mol. The van der Waals surface area contributed by atoms with Crippen LogP contribution in [0.3, 0.4) is 0 Å². The third kappa shape index (κ3) is 2.17. The summed E-state index contributed by atoms with van der Waals surface area (Å²) in [5, 5.41) is 3.92. The molecule has 1 heterocycles. The number of hydrogen-bond acceptors (Lipinski definition) is 2. The molecule has 0 saturated carbocycles. The lowest BCUT2D eigenvalue weighted by Gasteiger charge is -1.99. The third-order valence-electron chi connectivity index (χ3n) is 3.15. The first-order chi connectivity index (χ1) is 8.75. The molecule has 18 heavy (non-hydrogen) atoms. The zero-order valence-corrected chi connectivity index (χ0v) is 10.4.